The van der Waals surface area contributed by atoms with E-state index in [9.17, 15) is 0 Å². The summed E-state index contributed by atoms with van der Waals surface area (Å²) >= 11 is 9.60. The van der Waals surface area contributed by atoms with Gasteiger partial charge in [-0.3, -0.25) is 35.9 Å². The Labute approximate surface area is 706 Å². The van der Waals surface area contributed by atoms with E-state index in [1.807, 2.05) is 60.7 Å². The number of imidazole rings is 8. The SMILES string of the molecule is Brc1ccc2oc3ccc(-n4c5ccccc5n5c6ccccc6nc45)cc3c2c1.Brc1cccc2c1oc1ccc(-n3c4ccccc4n4c5ccccc5nc34)cc12.Cc1ccc(-n2c3ccccc3n3c4ccccc4nc23)cc1.Ic1ccc2c(c1)c1cc(-n3c4ccccc4n4c5ccccc5nc34)ccc1n2-c1ccccc1. The number of hydrogen-bond donors (Lipinski definition) is 0. The number of para-hydroxylation sites is 18. The molecule has 0 fully saturated rings. The summed E-state index contributed by atoms with van der Waals surface area (Å²) in [6.45, 7) is 2.11. The molecule has 0 unspecified atom stereocenters. The number of rotatable bonds is 5. The second-order valence-electron chi connectivity index (χ2n) is 29.9. The van der Waals surface area contributed by atoms with Gasteiger partial charge in [0.15, 0.2) is 0 Å². The molecule has 0 saturated carbocycles. The zero-order chi connectivity index (χ0) is 78.8. The standard InChI is InChI=1S/C31H19IN4.2C25H14BrN3O.C20H15N3/c32-20-14-16-26-23(18-20)24-19-22(15-17-27(24)34(26)21-8-2-1-3-9-21)35-29-12-6-7-13-30(29)36-28-11-5-4-10-25(28)33-31(35)36;26-18-7-5-6-16-17-14-15(12-13-23(17)30-24(16)18)28-21-10-3-4-11-22(21)29-20-9-2-1-8-19(20)27-25(28)29;26-15-9-11-23-17(13-15)18-14-16(10-12-24(18)30-23)28-21-7-3-4-8-22(21)29-20-6-2-1-5-19(20)27-25(28)29;1-14-10-12-15(13-11-14)22-18-8-4-5-9-19(18)23-17-7-3-2-6-16(17)21-20(22)23/h1-19H;2*1-14H;2-13H,1H3. The van der Waals surface area contributed by atoms with Crippen LogP contribution in [0.4, 0.5) is 0 Å². The molecule has 0 saturated heterocycles. The summed E-state index contributed by atoms with van der Waals surface area (Å²) in [5.41, 5.74) is 30.4. The van der Waals surface area contributed by atoms with Gasteiger partial charge in [-0.25, -0.2) is 19.9 Å². The molecule has 27 aromatic rings. The van der Waals surface area contributed by atoms with E-state index < -0.39 is 0 Å². The van der Waals surface area contributed by atoms with Crippen LogP contribution in [0.3, 0.4) is 0 Å². The Bertz CT molecular complexity index is 8690. The minimum absolute atomic E-state index is 0.874. The third kappa shape index (κ3) is 10.8. The first-order valence-electron chi connectivity index (χ1n) is 39.2. The van der Waals surface area contributed by atoms with E-state index in [2.05, 4.69) is 399 Å². The van der Waals surface area contributed by atoms with Crippen LogP contribution in [0.15, 0.2) is 376 Å². The first-order valence-corrected chi connectivity index (χ1v) is 41.9. The Kier molecular flexibility index (Phi) is 15.7. The number of benzene rings is 16. The molecule has 18 heteroatoms. The lowest BCUT2D eigenvalue weighted by atomic mass is 10.1. The second-order valence-corrected chi connectivity index (χ2v) is 32.9. The predicted molar refractivity (Wildman–Crippen MR) is 500 cm³/mol. The third-order valence-electron chi connectivity index (χ3n) is 23.1. The minimum atomic E-state index is 0.874. The van der Waals surface area contributed by atoms with Crippen molar-refractivity contribution in [2.45, 2.75) is 6.92 Å². The number of fused-ring (bicyclic) bond motifs is 29. The van der Waals surface area contributed by atoms with Crippen LogP contribution in [0.1, 0.15) is 5.56 Å². The smallest absolute Gasteiger partial charge is 0.220 e. The summed E-state index contributed by atoms with van der Waals surface area (Å²) in [4.78, 5) is 19.9. The first-order chi connectivity index (χ1) is 58.7. The van der Waals surface area contributed by atoms with Crippen LogP contribution >= 0.6 is 54.5 Å². The molecular weight excluding hydrogens is 1710 g/mol. The van der Waals surface area contributed by atoms with Crippen LogP contribution < -0.4 is 0 Å². The highest BCUT2D eigenvalue weighted by Gasteiger charge is 2.25. The molecule has 0 aliphatic heterocycles. The van der Waals surface area contributed by atoms with Crippen LogP contribution in [-0.2, 0) is 0 Å². The lowest BCUT2D eigenvalue weighted by Crippen LogP contribution is -1.96. The molecule has 27 rings (SSSR count). The van der Waals surface area contributed by atoms with Crippen molar-refractivity contribution >= 4 is 232 Å². The number of furan rings is 2. The normalized spacial score (nSPS) is 12.0. The van der Waals surface area contributed by atoms with E-state index in [1.165, 1.54) is 47.7 Å². The molecule has 0 spiro atoms. The number of halogens is 3. The van der Waals surface area contributed by atoms with Gasteiger partial charge in [-0.15, -0.1) is 0 Å². The summed E-state index contributed by atoms with van der Waals surface area (Å²) < 4.78 is 35.7. The van der Waals surface area contributed by atoms with Gasteiger partial charge in [0.1, 0.15) is 22.3 Å². The van der Waals surface area contributed by atoms with Crippen LogP contribution in [0.2, 0.25) is 0 Å². The average molecular weight is 1780 g/mol. The highest BCUT2D eigenvalue weighted by Crippen LogP contribution is 2.42. The highest BCUT2D eigenvalue weighted by molar-refractivity contribution is 14.1. The van der Waals surface area contributed by atoms with Gasteiger partial charge < -0.3 is 13.4 Å². The highest BCUT2D eigenvalue weighted by atomic mass is 127. The fraction of sp³-hybridized carbons (Fsp3) is 0.00990. The van der Waals surface area contributed by atoms with E-state index in [4.69, 9.17) is 28.8 Å². The Hall–Kier alpha value is -14.3. The zero-order valence-corrected chi connectivity index (χ0v) is 68.7. The fourth-order valence-corrected chi connectivity index (χ4v) is 19.2. The molecule has 0 amide bonds. The quantitative estimate of drug-likeness (QED) is 0.158. The van der Waals surface area contributed by atoms with Crippen molar-refractivity contribution in [1.82, 2.24) is 60.4 Å². The van der Waals surface area contributed by atoms with Crippen LogP contribution in [0.5, 0.6) is 0 Å². The van der Waals surface area contributed by atoms with Gasteiger partial charge in [-0.05, 0) is 264 Å². The summed E-state index contributed by atoms with van der Waals surface area (Å²) in [7, 11) is 0. The molecule has 0 bridgehead atoms. The molecule has 0 aliphatic carbocycles. The summed E-state index contributed by atoms with van der Waals surface area (Å²) in [6, 6.07) is 125. The molecule has 15 nitrogen and oxygen atoms in total. The molecule has 16 aromatic carbocycles. The number of nitrogens with zero attached hydrogens (tertiary/aromatic N) is 13. The van der Waals surface area contributed by atoms with Gasteiger partial charge in [-0.1, -0.05) is 161 Å². The predicted octanol–water partition coefficient (Wildman–Crippen LogP) is 27.1. The Balaban J connectivity index is 0.0000000914. The lowest BCUT2D eigenvalue weighted by molar-refractivity contribution is 0.666. The maximum absolute atomic E-state index is 6.10. The van der Waals surface area contributed by atoms with Crippen molar-refractivity contribution in [3.05, 3.63) is 376 Å². The van der Waals surface area contributed by atoms with E-state index in [0.29, 0.717) is 0 Å². The molecule has 564 valence electrons. The molecule has 0 atom stereocenters. The molecule has 0 N–H and O–H groups in total. The van der Waals surface area contributed by atoms with Gasteiger partial charge in [0.05, 0.1) is 115 Å². The van der Waals surface area contributed by atoms with Gasteiger partial charge in [0, 0.05) is 57.4 Å². The molecule has 0 radical (unpaired) electrons. The molecular formula is C101H62Br2IN13O2. The summed E-state index contributed by atoms with van der Waals surface area (Å²) in [5.74, 6) is 3.70. The first kappa shape index (κ1) is 69.0. The van der Waals surface area contributed by atoms with Crippen molar-refractivity contribution in [2.75, 3.05) is 0 Å². The monoisotopic (exact) mass is 1770 g/mol. The summed E-state index contributed by atoms with van der Waals surface area (Å²) in [6.07, 6.45) is 0. The van der Waals surface area contributed by atoms with Crippen LogP contribution in [0.25, 0.3) is 205 Å². The molecule has 0 aliphatic rings. The van der Waals surface area contributed by atoms with Crippen molar-refractivity contribution < 1.29 is 8.83 Å². The fourth-order valence-electron chi connectivity index (χ4n) is 17.9. The number of aromatic nitrogens is 13. The van der Waals surface area contributed by atoms with Gasteiger partial charge in [-0.2, -0.15) is 0 Å². The van der Waals surface area contributed by atoms with Crippen molar-refractivity contribution in [3.63, 3.8) is 0 Å². The topological polar surface area (TPSA) is 120 Å². The Morgan fingerprint density at radius 2 is 0.580 bits per heavy atom. The van der Waals surface area contributed by atoms with Gasteiger partial charge in [0.2, 0.25) is 23.1 Å². The van der Waals surface area contributed by atoms with Crippen molar-refractivity contribution in [3.8, 4) is 28.4 Å². The minimum Gasteiger partial charge on any atom is -0.456 e. The van der Waals surface area contributed by atoms with Gasteiger partial charge in [0.25, 0.3) is 0 Å². The number of aryl methyl sites for hydroxylation is 1. The molecule has 11 heterocycles. The second kappa shape index (κ2) is 27.1. The molecule has 119 heavy (non-hydrogen) atoms. The van der Waals surface area contributed by atoms with Crippen molar-refractivity contribution in [2.24, 2.45) is 0 Å². The van der Waals surface area contributed by atoms with E-state index in [0.717, 1.165) is 176 Å². The Morgan fingerprint density at radius 1 is 0.244 bits per heavy atom. The summed E-state index contributed by atoms with van der Waals surface area (Å²) in [5, 5.41) is 6.87. The molecule has 11 aromatic heterocycles. The average Bonchev–Trinajstić information content (AvgIpc) is 1.57. The zero-order valence-electron chi connectivity index (χ0n) is 63.3. The largest absolute Gasteiger partial charge is 0.456 e. The van der Waals surface area contributed by atoms with E-state index in [1.54, 1.807) is 0 Å². The van der Waals surface area contributed by atoms with Crippen LogP contribution in [0, 0.1) is 10.5 Å². The third-order valence-corrected chi connectivity index (χ3v) is 24.9. The van der Waals surface area contributed by atoms with Gasteiger partial charge >= 0.3 is 0 Å². The van der Waals surface area contributed by atoms with E-state index in [-0.39, 0.29) is 0 Å². The number of hydrogen-bond acceptors (Lipinski definition) is 6. The maximum atomic E-state index is 6.10. The van der Waals surface area contributed by atoms with Crippen LogP contribution in [-0.4, -0.2) is 60.4 Å². The Morgan fingerprint density at radius 3 is 1.04 bits per heavy atom. The maximum Gasteiger partial charge on any atom is 0.220 e. The van der Waals surface area contributed by atoms with E-state index >= 15 is 0 Å². The lowest BCUT2D eigenvalue weighted by Gasteiger charge is -2.09. The van der Waals surface area contributed by atoms with Crippen molar-refractivity contribution in [1.29, 1.82) is 0 Å².